The largest absolute Gasteiger partial charge is 0.497 e. The van der Waals surface area contributed by atoms with Gasteiger partial charge in [0.15, 0.2) is 0 Å². The van der Waals surface area contributed by atoms with Crippen LogP contribution in [0.5, 0.6) is 5.75 Å². The highest BCUT2D eigenvalue weighted by Crippen LogP contribution is 2.15. The van der Waals surface area contributed by atoms with Crippen molar-refractivity contribution >= 4 is 11.8 Å². The van der Waals surface area contributed by atoms with Crippen molar-refractivity contribution in [1.29, 1.82) is 0 Å². The van der Waals surface area contributed by atoms with E-state index in [2.05, 4.69) is 4.90 Å². The number of piperazine rings is 1. The minimum Gasteiger partial charge on any atom is -0.497 e. The van der Waals surface area contributed by atoms with Gasteiger partial charge in [-0.2, -0.15) is 0 Å². The molecule has 0 aromatic heterocycles. The molecule has 0 aliphatic carbocycles. The molecule has 0 N–H and O–H groups in total. The van der Waals surface area contributed by atoms with Crippen LogP contribution in [0.15, 0.2) is 24.3 Å². The summed E-state index contributed by atoms with van der Waals surface area (Å²) in [6.45, 7) is 7.14. The van der Waals surface area contributed by atoms with Gasteiger partial charge in [-0.05, 0) is 43.9 Å². The summed E-state index contributed by atoms with van der Waals surface area (Å²) >= 11 is 0. The Morgan fingerprint density at radius 1 is 1.00 bits per heavy atom. The van der Waals surface area contributed by atoms with E-state index in [9.17, 15) is 9.59 Å². The minimum absolute atomic E-state index is 0.00917. The summed E-state index contributed by atoms with van der Waals surface area (Å²) in [4.78, 5) is 31.1. The molecule has 2 heterocycles. The lowest BCUT2D eigenvalue weighted by Crippen LogP contribution is -2.53. The van der Waals surface area contributed by atoms with E-state index in [1.807, 2.05) is 34.1 Å². The van der Waals surface area contributed by atoms with E-state index in [1.54, 1.807) is 14.0 Å². The number of likely N-dealkylation sites (tertiary alicyclic amines) is 1. The number of rotatable bonds is 7. The van der Waals surface area contributed by atoms with Gasteiger partial charge < -0.3 is 19.3 Å². The molecule has 7 heteroatoms. The van der Waals surface area contributed by atoms with Crippen LogP contribution < -0.4 is 4.74 Å². The topological polar surface area (TPSA) is 62.3 Å². The van der Waals surface area contributed by atoms with Crippen LogP contribution in [0.4, 0.5) is 0 Å². The molecule has 2 aliphatic heterocycles. The first-order valence-corrected chi connectivity index (χ1v) is 10.6. The highest BCUT2D eigenvalue weighted by Gasteiger charge is 2.27. The quantitative estimate of drug-likeness (QED) is 0.694. The third-order valence-corrected chi connectivity index (χ3v) is 5.73. The standard InChI is InChI=1S/C22H33N3O4/c1-18(29-17-19-7-6-8-20(15-19)28-2)22(27)25-13-11-23(12-14-25)16-21(26)24-9-4-3-5-10-24/h6-8,15,18H,3-5,9-14,16-17H2,1-2H3. The summed E-state index contributed by atoms with van der Waals surface area (Å²) in [6.07, 6.45) is 2.95. The molecule has 2 amide bonds. The maximum Gasteiger partial charge on any atom is 0.251 e. The Hall–Kier alpha value is -2.12. The molecule has 2 saturated heterocycles. The van der Waals surface area contributed by atoms with Gasteiger partial charge in [-0.15, -0.1) is 0 Å². The molecule has 0 bridgehead atoms. The van der Waals surface area contributed by atoms with Crippen molar-refractivity contribution in [2.75, 3.05) is 52.9 Å². The molecule has 1 aromatic rings. The molecule has 29 heavy (non-hydrogen) atoms. The zero-order valence-electron chi connectivity index (χ0n) is 17.6. The van der Waals surface area contributed by atoms with E-state index in [4.69, 9.17) is 9.47 Å². The van der Waals surface area contributed by atoms with Gasteiger partial charge in [0.1, 0.15) is 11.9 Å². The molecule has 1 unspecified atom stereocenters. The molecule has 0 saturated carbocycles. The van der Waals surface area contributed by atoms with Gasteiger partial charge in [-0.3, -0.25) is 14.5 Å². The number of amides is 2. The fourth-order valence-electron chi connectivity index (χ4n) is 3.87. The molecule has 7 nitrogen and oxygen atoms in total. The van der Waals surface area contributed by atoms with Gasteiger partial charge in [0.05, 0.1) is 20.3 Å². The van der Waals surface area contributed by atoms with Crippen LogP contribution >= 0.6 is 0 Å². The molecule has 1 atom stereocenters. The number of hydrogen-bond acceptors (Lipinski definition) is 5. The van der Waals surface area contributed by atoms with Crippen molar-refractivity contribution in [3.05, 3.63) is 29.8 Å². The third-order valence-electron chi connectivity index (χ3n) is 5.73. The lowest BCUT2D eigenvalue weighted by atomic mass is 10.1. The van der Waals surface area contributed by atoms with Crippen LogP contribution in [0.1, 0.15) is 31.7 Å². The molecule has 160 valence electrons. The van der Waals surface area contributed by atoms with Crippen LogP contribution in [-0.4, -0.2) is 85.5 Å². The maximum atomic E-state index is 12.7. The number of nitrogens with zero attached hydrogens (tertiary/aromatic N) is 3. The summed E-state index contributed by atoms with van der Waals surface area (Å²) in [5, 5.41) is 0. The van der Waals surface area contributed by atoms with Gasteiger partial charge in [0, 0.05) is 39.3 Å². The van der Waals surface area contributed by atoms with E-state index >= 15 is 0 Å². The lowest BCUT2D eigenvalue weighted by Gasteiger charge is -2.36. The van der Waals surface area contributed by atoms with Crippen molar-refractivity contribution in [3.63, 3.8) is 0 Å². The van der Waals surface area contributed by atoms with Crippen LogP contribution in [0.2, 0.25) is 0 Å². The van der Waals surface area contributed by atoms with Gasteiger partial charge in [-0.25, -0.2) is 0 Å². The number of carbonyl (C=O) groups is 2. The van der Waals surface area contributed by atoms with Crippen molar-refractivity contribution < 1.29 is 19.1 Å². The Bertz CT molecular complexity index is 682. The Morgan fingerprint density at radius 2 is 1.72 bits per heavy atom. The average molecular weight is 404 g/mol. The Labute approximate surface area is 173 Å². The molecule has 3 rings (SSSR count). The highest BCUT2D eigenvalue weighted by molar-refractivity contribution is 5.81. The average Bonchev–Trinajstić information content (AvgIpc) is 2.78. The van der Waals surface area contributed by atoms with E-state index in [-0.39, 0.29) is 11.8 Å². The summed E-state index contributed by atoms with van der Waals surface area (Å²) in [5.74, 6) is 1.01. The summed E-state index contributed by atoms with van der Waals surface area (Å²) < 4.78 is 11.0. The van der Waals surface area contributed by atoms with Gasteiger partial charge in [0.2, 0.25) is 5.91 Å². The molecule has 2 aliphatic rings. The molecule has 2 fully saturated rings. The van der Waals surface area contributed by atoms with Gasteiger partial charge in [0.25, 0.3) is 5.91 Å². The molecule has 1 aromatic carbocycles. The molecule has 0 radical (unpaired) electrons. The van der Waals surface area contributed by atoms with Crippen molar-refractivity contribution in [2.45, 2.75) is 38.9 Å². The second kappa shape index (κ2) is 10.6. The van der Waals surface area contributed by atoms with Gasteiger partial charge in [-0.1, -0.05) is 12.1 Å². The zero-order chi connectivity index (χ0) is 20.6. The van der Waals surface area contributed by atoms with Crippen LogP contribution in [0.25, 0.3) is 0 Å². The number of benzene rings is 1. The second-order valence-corrected chi connectivity index (χ2v) is 7.85. The second-order valence-electron chi connectivity index (χ2n) is 7.85. The Kier molecular flexibility index (Phi) is 7.89. The molecule has 0 spiro atoms. The summed E-state index contributed by atoms with van der Waals surface area (Å²) in [5.41, 5.74) is 0.977. The molecular weight excluding hydrogens is 370 g/mol. The lowest BCUT2D eigenvalue weighted by molar-refractivity contribution is -0.145. The van der Waals surface area contributed by atoms with E-state index in [1.165, 1.54) is 6.42 Å². The fraction of sp³-hybridized carbons (Fsp3) is 0.636. The SMILES string of the molecule is COc1cccc(COC(C)C(=O)N2CCN(CC(=O)N3CCCCC3)CC2)c1. The van der Waals surface area contributed by atoms with Crippen LogP contribution in [0, 0.1) is 0 Å². The normalized spacial score (nSPS) is 19.1. The van der Waals surface area contributed by atoms with Gasteiger partial charge >= 0.3 is 0 Å². The number of ether oxygens (including phenoxy) is 2. The first-order chi connectivity index (χ1) is 14.1. The van der Waals surface area contributed by atoms with E-state index in [0.717, 1.165) is 50.3 Å². The van der Waals surface area contributed by atoms with Crippen LogP contribution in [-0.2, 0) is 20.9 Å². The predicted molar refractivity (Wildman–Crippen MR) is 111 cm³/mol. The number of carbonyl (C=O) groups excluding carboxylic acids is 2. The van der Waals surface area contributed by atoms with Crippen LogP contribution in [0.3, 0.4) is 0 Å². The fourth-order valence-corrected chi connectivity index (χ4v) is 3.87. The summed E-state index contributed by atoms with van der Waals surface area (Å²) in [7, 11) is 1.63. The minimum atomic E-state index is -0.497. The van der Waals surface area contributed by atoms with E-state index in [0.29, 0.717) is 26.2 Å². The first kappa shape index (κ1) is 21.6. The highest BCUT2D eigenvalue weighted by atomic mass is 16.5. The van der Waals surface area contributed by atoms with Crippen molar-refractivity contribution in [3.8, 4) is 5.75 Å². The Morgan fingerprint density at radius 3 is 2.41 bits per heavy atom. The molecular formula is C22H33N3O4. The van der Waals surface area contributed by atoms with Crippen molar-refractivity contribution in [2.24, 2.45) is 0 Å². The smallest absolute Gasteiger partial charge is 0.251 e. The zero-order valence-corrected chi connectivity index (χ0v) is 17.6. The predicted octanol–water partition coefficient (Wildman–Crippen LogP) is 1.76. The van der Waals surface area contributed by atoms with Crippen molar-refractivity contribution in [1.82, 2.24) is 14.7 Å². The number of methoxy groups -OCH3 is 1. The van der Waals surface area contributed by atoms with E-state index < -0.39 is 6.10 Å². The summed E-state index contributed by atoms with van der Waals surface area (Å²) in [6, 6.07) is 7.66. The number of hydrogen-bond donors (Lipinski definition) is 0. The Balaban J connectivity index is 1.40. The maximum absolute atomic E-state index is 12.7. The third kappa shape index (κ3) is 6.18. The monoisotopic (exact) mass is 403 g/mol. The first-order valence-electron chi connectivity index (χ1n) is 10.6. The number of piperidine rings is 1.